The number of rotatable bonds is 3. The fourth-order valence-corrected chi connectivity index (χ4v) is 3.86. The molecule has 0 aromatic heterocycles. The molecule has 2 heterocycles. The van der Waals surface area contributed by atoms with Gasteiger partial charge in [-0.15, -0.1) is 0 Å². The lowest BCUT2D eigenvalue weighted by Gasteiger charge is -2.37. The van der Waals surface area contributed by atoms with E-state index in [2.05, 4.69) is 0 Å². The van der Waals surface area contributed by atoms with E-state index < -0.39 is 11.6 Å². The molecule has 0 radical (unpaired) electrons. The van der Waals surface area contributed by atoms with Gasteiger partial charge in [-0.25, -0.2) is 4.79 Å². The molecule has 4 heteroatoms. The summed E-state index contributed by atoms with van der Waals surface area (Å²) in [5, 5.41) is 10.5. The molecule has 0 aliphatic carbocycles. The van der Waals surface area contributed by atoms with Crippen LogP contribution in [0.15, 0.2) is 30.3 Å². The van der Waals surface area contributed by atoms with E-state index in [9.17, 15) is 9.90 Å². The van der Waals surface area contributed by atoms with Crippen molar-refractivity contribution in [2.45, 2.75) is 44.3 Å². The van der Waals surface area contributed by atoms with E-state index >= 15 is 0 Å². The number of hydrogen-bond acceptors (Lipinski definition) is 3. The van der Waals surface area contributed by atoms with Crippen molar-refractivity contribution in [1.82, 2.24) is 0 Å². The molecule has 2 atom stereocenters. The fourth-order valence-electron chi connectivity index (χ4n) is 3.86. The number of nitrogens with zero attached hydrogens (tertiary/aromatic N) is 1. The van der Waals surface area contributed by atoms with Crippen LogP contribution < -0.4 is 0 Å². The monoisotopic (exact) mass is 304 g/mol. The minimum Gasteiger partial charge on any atom is -0.454 e. The Hall–Kier alpha value is -1.39. The maximum absolute atomic E-state index is 12.4. The maximum atomic E-state index is 12.4. The van der Waals surface area contributed by atoms with E-state index in [0.29, 0.717) is 5.56 Å². The lowest BCUT2D eigenvalue weighted by Crippen LogP contribution is -2.50. The zero-order chi connectivity index (χ0) is 15.6. The first-order chi connectivity index (χ1) is 10.5. The van der Waals surface area contributed by atoms with Crippen LogP contribution in [0.3, 0.4) is 0 Å². The van der Waals surface area contributed by atoms with Gasteiger partial charge in [0, 0.05) is 6.42 Å². The quantitative estimate of drug-likeness (QED) is 0.688. The van der Waals surface area contributed by atoms with Crippen LogP contribution in [0.25, 0.3) is 0 Å². The molecule has 0 bridgehead atoms. The summed E-state index contributed by atoms with van der Waals surface area (Å²) in [4.78, 5) is 12.4. The Morgan fingerprint density at radius 2 is 1.86 bits per heavy atom. The summed E-state index contributed by atoms with van der Waals surface area (Å²) in [6.07, 6.45) is 4.75. The third-order valence-corrected chi connectivity index (χ3v) is 5.29. The Morgan fingerprint density at radius 3 is 2.55 bits per heavy atom. The van der Waals surface area contributed by atoms with Gasteiger partial charge in [0.1, 0.15) is 6.54 Å². The summed E-state index contributed by atoms with van der Waals surface area (Å²) >= 11 is 0. The second kappa shape index (κ2) is 6.01. The molecule has 22 heavy (non-hydrogen) atoms. The average molecular weight is 304 g/mol. The van der Waals surface area contributed by atoms with Gasteiger partial charge in [-0.2, -0.15) is 0 Å². The minimum atomic E-state index is -1.57. The number of ether oxygens (including phenoxy) is 1. The third kappa shape index (κ3) is 3.03. The van der Waals surface area contributed by atoms with Crippen LogP contribution in [-0.4, -0.2) is 47.8 Å². The zero-order valence-corrected chi connectivity index (χ0v) is 13.3. The predicted molar refractivity (Wildman–Crippen MR) is 84.1 cm³/mol. The van der Waals surface area contributed by atoms with Crippen molar-refractivity contribution in [3.05, 3.63) is 35.9 Å². The Morgan fingerprint density at radius 1 is 1.18 bits per heavy atom. The summed E-state index contributed by atoms with van der Waals surface area (Å²) in [5.41, 5.74) is -0.990. The predicted octanol–water partition coefficient (Wildman–Crippen LogP) is 2.21. The molecule has 2 fully saturated rings. The number of esters is 1. The van der Waals surface area contributed by atoms with Crippen molar-refractivity contribution in [3.63, 3.8) is 0 Å². The SMILES string of the molecule is CC(O)(C(=O)OC1CC[N+]2(CCCCC2)C1)c1ccccc1. The van der Waals surface area contributed by atoms with Gasteiger partial charge in [0.15, 0.2) is 11.7 Å². The largest absolute Gasteiger partial charge is 0.454 e. The first-order valence-corrected chi connectivity index (χ1v) is 8.36. The van der Waals surface area contributed by atoms with Crippen LogP contribution in [0.5, 0.6) is 0 Å². The summed E-state index contributed by atoms with van der Waals surface area (Å²) in [7, 11) is 0. The molecule has 4 nitrogen and oxygen atoms in total. The number of carbonyl (C=O) groups excluding carboxylic acids is 1. The number of hydrogen-bond donors (Lipinski definition) is 1. The molecule has 0 amide bonds. The molecule has 2 unspecified atom stereocenters. The topological polar surface area (TPSA) is 46.5 Å². The molecule has 1 aromatic rings. The van der Waals surface area contributed by atoms with E-state index in [1.165, 1.54) is 39.3 Å². The molecule has 2 aliphatic heterocycles. The smallest absolute Gasteiger partial charge is 0.343 e. The molecule has 0 saturated carbocycles. The Labute approximate surface area is 132 Å². The number of aliphatic hydroxyl groups is 1. The van der Waals surface area contributed by atoms with Crippen LogP contribution in [0.2, 0.25) is 0 Å². The first-order valence-electron chi connectivity index (χ1n) is 8.36. The molecule has 120 valence electrons. The molecule has 1 spiro atoms. The third-order valence-electron chi connectivity index (χ3n) is 5.29. The van der Waals surface area contributed by atoms with Gasteiger partial charge >= 0.3 is 5.97 Å². The van der Waals surface area contributed by atoms with Gasteiger partial charge in [0.25, 0.3) is 0 Å². The summed E-state index contributed by atoms with van der Waals surface area (Å²) in [6.45, 7) is 5.96. The van der Waals surface area contributed by atoms with Crippen LogP contribution >= 0.6 is 0 Å². The van der Waals surface area contributed by atoms with Crippen LogP contribution in [0, 0.1) is 0 Å². The van der Waals surface area contributed by atoms with Crippen molar-refractivity contribution >= 4 is 5.97 Å². The van der Waals surface area contributed by atoms with Crippen molar-refractivity contribution in [2.75, 3.05) is 26.2 Å². The molecule has 1 aromatic carbocycles. The van der Waals surface area contributed by atoms with Gasteiger partial charge < -0.3 is 14.3 Å². The molecule has 2 saturated heterocycles. The van der Waals surface area contributed by atoms with E-state index in [4.69, 9.17) is 4.74 Å². The lowest BCUT2D eigenvalue weighted by molar-refractivity contribution is -0.922. The molecule has 3 rings (SSSR count). The molecular formula is C18H26NO3+. The highest BCUT2D eigenvalue weighted by atomic mass is 16.6. The molecular weight excluding hydrogens is 278 g/mol. The van der Waals surface area contributed by atoms with Crippen LogP contribution in [0.1, 0.15) is 38.2 Å². The normalized spacial score (nSPS) is 26.5. The number of quaternary nitrogens is 1. The van der Waals surface area contributed by atoms with Crippen LogP contribution in [0.4, 0.5) is 0 Å². The molecule has 2 aliphatic rings. The average Bonchev–Trinajstić information content (AvgIpc) is 2.91. The number of carbonyl (C=O) groups is 1. The second-order valence-corrected chi connectivity index (χ2v) is 7.01. The van der Waals surface area contributed by atoms with E-state index in [-0.39, 0.29) is 6.10 Å². The molecule has 1 N–H and O–H groups in total. The van der Waals surface area contributed by atoms with Gasteiger partial charge in [0.05, 0.1) is 19.6 Å². The van der Waals surface area contributed by atoms with Crippen molar-refractivity contribution in [1.29, 1.82) is 0 Å². The maximum Gasteiger partial charge on any atom is 0.343 e. The second-order valence-electron chi connectivity index (χ2n) is 7.01. The minimum absolute atomic E-state index is 0.0548. The summed E-state index contributed by atoms with van der Waals surface area (Å²) in [6, 6.07) is 9.02. The number of benzene rings is 1. The highest BCUT2D eigenvalue weighted by molar-refractivity contribution is 5.80. The number of piperidine rings is 1. The Balaban J connectivity index is 1.63. The van der Waals surface area contributed by atoms with E-state index in [1.807, 2.05) is 18.2 Å². The lowest BCUT2D eigenvalue weighted by atomic mass is 9.96. The first kappa shape index (κ1) is 15.5. The van der Waals surface area contributed by atoms with Gasteiger partial charge in [0.2, 0.25) is 0 Å². The van der Waals surface area contributed by atoms with Crippen molar-refractivity contribution < 1.29 is 19.1 Å². The van der Waals surface area contributed by atoms with E-state index in [0.717, 1.165) is 24.0 Å². The Kier molecular flexibility index (Phi) is 4.24. The summed E-state index contributed by atoms with van der Waals surface area (Å²) in [5.74, 6) is -0.527. The Bertz CT molecular complexity index is 520. The van der Waals surface area contributed by atoms with Crippen LogP contribution in [-0.2, 0) is 15.1 Å². The highest BCUT2D eigenvalue weighted by Crippen LogP contribution is 2.29. The summed E-state index contributed by atoms with van der Waals surface area (Å²) < 4.78 is 6.76. The van der Waals surface area contributed by atoms with Gasteiger partial charge in [-0.1, -0.05) is 30.3 Å². The highest BCUT2D eigenvalue weighted by Gasteiger charge is 2.43. The standard InChI is InChI=1S/C18H26NO3/c1-18(21,15-8-4-2-5-9-15)17(20)22-16-10-13-19(14-16)11-6-3-7-12-19/h2,4-5,8-9,16,21H,3,6-7,10-14H2,1H3/q+1. The van der Waals surface area contributed by atoms with Gasteiger partial charge in [-0.05, 0) is 31.7 Å². The van der Waals surface area contributed by atoms with Crippen molar-refractivity contribution in [2.24, 2.45) is 0 Å². The van der Waals surface area contributed by atoms with Gasteiger partial charge in [-0.3, -0.25) is 0 Å². The zero-order valence-electron chi connectivity index (χ0n) is 13.3. The van der Waals surface area contributed by atoms with E-state index in [1.54, 1.807) is 12.1 Å². The fraction of sp³-hybridized carbons (Fsp3) is 0.611. The van der Waals surface area contributed by atoms with Crippen molar-refractivity contribution in [3.8, 4) is 0 Å².